The molecule has 3 rings (SSSR count). The number of amides is 2. The highest BCUT2D eigenvalue weighted by Crippen LogP contribution is 2.30. The second-order valence-corrected chi connectivity index (χ2v) is 5.65. The molecule has 1 aliphatic rings. The SMILES string of the molecule is COc1ccc2nc(Cl)c(/C=C3/SC(=O)NC3=O)cc2c1. The molecule has 2 heterocycles. The molecule has 0 unspecified atom stereocenters. The van der Waals surface area contributed by atoms with E-state index in [0.717, 1.165) is 22.7 Å². The number of aromatic nitrogens is 1. The number of fused-ring (bicyclic) bond motifs is 1. The van der Waals surface area contributed by atoms with E-state index in [1.165, 1.54) is 0 Å². The van der Waals surface area contributed by atoms with Gasteiger partial charge in [-0.2, -0.15) is 0 Å². The van der Waals surface area contributed by atoms with Gasteiger partial charge in [0.05, 0.1) is 17.5 Å². The van der Waals surface area contributed by atoms with Crippen LogP contribution in [0.15, 0.2) is 29.2 Å². The van der Waals surface area contributed by atoms with Gasteiger partial charge in [0.25, 0.3) is 11.1 Å². The van der Waals surface area contributed by atoms with E-state index in [-0.39, 0.29) is 5.15 Å². The molecule has 0 saturated carbocycles. The summed E-state index contributed by atoms with van der Waals surface area (Å²) in [6, 6.07) is 7.23. The summed E-state index contributed by atoms with van der Waals surface area (Å²) < 4.78 is 5.17. The lowest BCUT2D eigenvalue weighted by molar-refractivity contribution is -0.115. The van der Waals surface area contributed by atoms with Gasteiger partial charge < -0.3 is 4.74 Å². The van der Waals surface area contributed by atoms with Gasteiger partial charge in [0.1, 0.15) is 10.9 Å². The number of pyridine rings is 1. The van der Waals surface area contributed by atoms with Gasteiger partial charge in [-0.1, -0.05) is 11.6 Å². The minimum atomic E-state index is -0.424. The van der Waals surface area contributed by atoms with E-state index < -0.39 is 11.1 Å². The van der Waals surface area contributed by atoms with Gasteiger partial charge in [0.15, 0.2) is 0 Å². The zero-order valence-corrected chi connectivity index (χ0v) is 12.4. The summed E-state index contributed by atoms with van der Waals surface area (Å²) in [6.07, 6.45) is 1.55. The van der Waals surface area contributed by atoms with Crippen LogP contribution >= 0.6 is 23.4 Å². The largest absolute Gasteiger partial charge is 0.497 e. The fraction of sp³-hybridized carbons (Fsp3) is 0.0714. The van der Waals surface area contributed by atoms with Crippen molar-refractivity contribution in [2.75, 3.05) is 7.11 Å². The van der Waals surface area contributed by atoms with Crippen LogP contribution in [0.25, 0.3) is 17.0 Å². The zero-order valence-electron chi connectivity index (χ0n) is 10.8. The Balaban J connectivity index is 2.10. The second-order valence-electron chi connectivity index (χ2n) is 4.28. The van der Waals surface area contributed by atoms with Crippen molar-refractivity contribution in [1.29, 1.82) is 0 Å². The number of carbonyl (C=O) groups is 2. The molecule has 5 nitrogen and oxygen atoms in total. The number of imide groups is 1. The Morgan fingerprint density at radius 2 is 2.14 bits per heavy atom. The molecule has 2 amide bonds. The maximum absolute atomic E-state index is 11.6. The van der Waals surface area contributed by atoms with Gasteiger partial charge in [0, 0.05) is 10.9 Å². The predicted octanol–water partition coefficient (Wildman–Crippen LogP) is 3.22. The summed E-state index contributed by atoms with van der Waals surface area (Å²) in [5.74, 6) is 0.278. The first-order valence-corrected chi connectivity index (χ1v) is 7.15. The van der Waals surface area contributed by atoms with Crippen LogP contribution in [0.3, 0.4) is 0 Å². The number of nitrogens with zero attached hydrogens (tertiary/aromatic N) is 1. The Kier molecular flexibility index (Phi) is 3.57. The molecule has 0 radical (unpaired) electrons. The Hall–Kier alpha value is -2.05. The Bertz CT molecular complexity index is 804. The Morgan fingerprint density at radius 1 is 1.33 bits per heavy atom. The van der Waals surface area contributed by atoms with Gasteiger partial charge in [-0.15, -0.1) is 0 Å². The predicted molar refractivity (Wildman–Crippen MR) is 82.4 cm³/mol. The van der Waals surface area contributed by atoms with Crippen molar-refractivity contribution in [2.24, 2.45) is 0 Å². The van der Waals surface area contributed by atoms with E-state index >= 15 is 0 Å². The van der Waals surface area contributed by atoms with Crippen LogP contribution < -0.4 is 10.1 Å². The number of hydrogen-bond acceptors (Lipinski definition) is 5. The van der Waals surface area contributed by atoms with Crippen molar-refractivity contribution in [2.45, 2.75) is 0 Å². The molecule has 1 N–H and O–H groups in total. The van der Waals surface area contributed by atoms with Crippen LogP contribution in [0, 0.1) is 0 Å². The van der Waals surface area contributed by atoms with Crippen molar-refractivity contribution in [3.63, 3.8) is 0 Å². The molecule has 7 heteroatoms. The summed E-state index contributed by atoms with van der Waals surface area (Å²) in [4.78, 5) is 27.3. The third kappa shape index (κ3) is 2.72. The number of hydrogen-bond donors (Lipinski definition) is 1. The summed E-state index contributed by atoms with van der Waals surface area (Å²) in [6.45, 7) is 0. The van der Waals surface area contributed by atoms with Crippen molar-refractivity contribution in [1.82, 2.24) is 10.3 Å². The number of halogens is 1. The van der Waals surface area contributed by atoms with Gasteiger partial charge in [-0.3, -0.25) is 14.9 Å². The van der Waals surface area contributed by atoms with Crippen LogP contribution in [0.2, 0.25) is 5.15 Å². The van der Waals surface area contributed by atoms with Crippen LogP contribution in [0.4, 0.5) is 4.79 Å². The van der Waals surface area contributed by atoms with Crippen molar-refractivity contribution in [3.8, 4) is 5.75 Å². The summed E-state index contributed by atoms with van der Waals surface area (Å²) in [7, 11) is 1.58. The van der Waals surface area contributed by atoms with E-state index in [2.05, 4.69) is 10.3 Å². The molecule has 21 heavy (non-hydrogen) atoms. The zero-order chi connectivity index (χ0) is 15.0. The topological polar surface area (TPSA) is 68.3 Å². The lowest BCUT2D eigenvalue weighted by Gasteiger charge is -2.05. The molecule has 1 aromatic heterocycles. The van der Waals surface area contributed by atoms with Crippen molar-refractivity contribution < 1.29 is 14.3 Å². The number of thioether (sulfide) groups is 1. The Labute approximate surface area is 129 Å². The monoisotopic (exact) mass is 320 g/mol. The minimum absolute atomic E-state index is 0.271. The molecule has 0 spiro atoms. The van der Waals surface area contributed by atoms with Gasteiger partial charge in [-0.25, -0.2) is 4.98 Å². The fourth-order valence-corrected chi connectivity index (χ4v) is 2.81. The summed E-state index contributed by atoms with van der Waals surface area (Å²) >= 11 is 6.97. The average Bonchev–Trinajstić information content (AvgIpc) is 2.77. The normalized spacial score (nSPS) is 16.6. The molecule has 1 aliphatic heterocycles. The maximum Gasteiger partial charge on any atom is 0.290 e. The first-order chi connectivity index (χ1) is 10.1. The average molecular weight is 321 g/mol. The second kappa shape index (κ2) is 5.38. The molecule has 2 aromatic rings. The van der Waals surface area contributed by atoms with E-state index in [9.17, 15) is 9.59 Å². The first-order valence-electron chi connectivity index (χ1n) is 5.96. The van der Waals surface area contributed by atoms with Crippen LogP contribution in [0.5, 0.6) is 5.75 Å². The molecule has 1 saturated heterocycles. The third-order valence-corrected chi connectivity index (χ3v) is 4.04. The fourth-order valence-electron chi connectivity index (χ4n) is 1.94. The highest BCUT2D eigenvalue weighted by molar-refractivity contribution is 8.18. The van der Waals surface area contributed by atoms with E-state index in [1.54, 1.807) is 31.4 Å². The summed E-state index contributed by atoms with van der Waals surface area (Å²) in [5, 5.41) is 2.91. The Morgan fingerprint density at radius 3 is 2.81 bits per heavy atom. The number of ether oxygens (including phenoxy) is 1. The minimum Gasteiger partial charge on any atom is -0.497 e. The third-order valence-electron chi connectivity index (χ3n) is 2.93. The van der Waals surface area contributed by atoms with Crippen LogP contribution in [-0.2, 0) is 4.79 Å². The van der Waals surface area contributed by atoms with Crippen molar-refractivity contribution >= 4 is 51.5 Å². The number of methoxy groups -OCH3 is 1. The molecular formula is C14H9ClN2O3S. The number of carbonyl (C=O) groups excluding carboxylic acids is 2. The maximum atomic E-state index is 11.6. The molecule has 0 atom stereocenters. The number of benzene rings is 1. The standard InChI is InChI=1S/C14H9ClN2O3S/c1-20-9-2-3-10-7(5-9)4-8(12(15)16-10)6-11-13(18)17-14(19)21-11/h2-6H,1H3,(H,17,18,19)/b11-6+. The quantitative estimate of drug-likeness (QED) is 0.679. The van der Waals surface area contributed by atoms with Gasteiger partial charge >= 0.3 is 0 Å². The molecule has 0 aliphatic carbocycles. The highest BCUT2D eigenvalue weighted by atomic mass is 35.5. The summed E-state index contributed by atoms with van der Waals surface area (Å²) in [5.41, 5.74) is 1.30. The van der Waals surface area contributed by atoms with Crippen LogP contribution in [-0.4, -0.2) is 23.2 Å². The van der Waals surface area contributed by atoms with E-state index in [1.807, 2.05) is 6.07 Å². The molecular weight excluding hydrogens is 312 g/mol. The highest BCUT2D eigenvalue weighted by Gasteiger charge is 2.25. The molecule has 0 bridgehead atoms. The lowest BCUT2D eigenvalue weighted by Crippen LogP contribution is -2.17. The van der Waals surface area contributed by atoms with Crippen molar-refractivity contribution in [3.05, 3.63) is 39.9 Å². The molecule has 1 fully saturated rings. The number of nitrogens with one attached hydrogen (secondary N) is 1. The first kappa shape index (κ1) is 13.9. The number of rotatable bonds is 2. The smallest absolute Gasteiger partial charge is 0.290 e. The van der Waals surface area contributed by atoms with Crippen LogP contribution in [0.1, 0.15) is 5.56 Å². The van der Waals surface area contributed by atoms with Gasteiger partial charge in [0.2, 0.25) is 0 Å². The van der Waals surface area contributed by atoms with E-state index in [4.69, 9.17) is 16.3 Å². The molecule has 106 valence electrons. The van der Waals surface area contributed by atoms with Gasteiger partial charge in [-0.05, 0) is 42.1 Å². The lowest BCUT2D eigenvalue weighted by atomic mass is 10.1. The van der Waals surface area contributed by atoms with E-state index in [0.29, 0.717) is 16.2 Å². The molecule has 1 aromatic carbocycles.